The first kappa shape index (κ1) is 10.4. The van der Waals surface area contributed by atoms with Gasteiger partial charge in [0, 0.05) is 6.54 Å². The minimum atomic E-state index is -0.339. The zero-order chi connectivity index (χ0) is 11.2. The van der Waals surface area contributed by atoms with Gasteiger partial charge in [0.25, 0.3) is 0 Å². The molecule has 1 N–H and O–H groups in total. The molecule has 0 atom stereocenters. The number of carbonyl (C=O) groups is 1. The Morgan fingerprint density at radius 3 is 2.81 bits per heavy atom. The summed E-state index contributed by atoms with van der Waals surface area (Å²) < 4.78 is 4.76. The lowest BCUT2D eigenvalue weighted by atomic mass is 10.1. The normalized spacial score (nSPS) is 10.0. The van der Waals surface area contributed by atoms with Crippen molar-refractivity contribution >= 4 is 5.91 Å². The van der Waals surface area contributed by atoms with Crippen molar-refractivity contribution in [2.75, 3.05) is 6.54 Å². The van der Waals surface area contributed by atoms with Crippen LogP contribution in [0.3, 0.4) is 0 Å². The Morgan fingerprint density at radius 1 is 1.31 bits per heavy atom. The summed E-state index contributed by atoms with van der Waals surface area (Å²) in [6.07, 6.45) is 1.91. The van der Waals surface area contributed by atoms with Crippen LogP contribution in [-0.2, 0) is 6.42 Å². The Kier molecular flexibility index (Phi) is 3.28. The van der Waals surface area contributed by atoms with Crippen molar-refractivity contribution in [2.24, 2.45) is 0 Å². The molecule has 1 heterocycles. The van der Waals surface area contributed by atoms with Gasteiger partial charge in [0.1, 0.15) is 0 Å². The Labute approximate surface area is 92.5 Å². The highest BCUT2D eigenvalue weighted by Crippen LogP contribution is 1.98. The average Bonchev–Trinajstić information content (AvgIpc) is 2.84. The summed E-state index contributed by atoms with van der Waals surface area (Å²) in [6.45, 7) is 0.547. The summed E-state index contributed by atoms with van der Waals surface area (Å²) >= 11 is 0. The molecule has 2 rings (SSSR count). The highest BCUT2D eigenvalue weighted by molar-refractivity contribution is 5.89. The van der Waals surface area contributed by atoms with E-state index in [1.807, 2.05) is 30.3 Å². The van der Waals surface area contributed by atoms with E-state index < -0.39 is 0 Å². The number of carbonyl (C=O) groups excluding carboxylic acids is 1. The molecule has 16 heavy (non-hydrogen) atoms. The van der Waals surface area contributed by atoms with E-state index in [9.17, 15) is 4.79 Å². The zero-order valence-corrected chi connectivity index (χ0v) is 8.59. The highest BCUT2D eigenvalue weighted by atomic mass is 16.4. The van der Waals surface area contributed by atoms with Crippen molar-refractivity contribution in [2.45, 2.75) is 6.42 Å². The summed E-state index contributed by atoms with van der Waals surface area (Å²) in [4.78, 5) is 11.4. The topological polar surface area (TPSA) is 68.0 Å². The van der Waals surface area contributed by atoms with Crippen LogP contribution >= 0.6 is 0 Å². The van der Waals surface area contributed by atoms with Gasteiger partial charge >= 0.3 is 11.8 Å². The van der Waals surface area contributed by atoms with Gasteiger partial charge < -0.3 is 9.73 Å². The number of benzene rings is 1. The quantitative estimate of drug-likeness (QED) is 0.830. The van der Waals surface area contributed by atoms with E-state index in [2.05, 4.69) is 15.5 Å². The van der Waals surface area contributed by atoms with Crippen LogP contribution in [-0.4, -0.2) is 22.6 Å². The molecule has 0 aliphatic carbocycles. The highest BCUT2D eigenvalue weighted by Gasteiger charge is 2.09. The molecule has 0 spiro atoms. The first-order valence-corrected chi connectivity index (χ1v) is 4.94. The van der Waals surface area contributed by atoms with Crippen molar-refractivity contribution in [3.63, 3.8) is 0 Å². The van der Waals surface area contributed by atoms with Gasteiger partial charge in [0.05, 0.1) is 0 Å². The Hall–Kier alpha value is -2.17. The van der Waals surface area contributed by atoms with Gasteiger partial charge in [-0.05, 0) is 12.0 Å². The number of nitrogens with zero attached hydrogens (tertiary/aromatic N) is 2. The molecular weight excluding hydrogens is 206 g/mol. The molecule has 82 valence electrons. The lowest BCUT2D eigenvalue weighted by Gasteiger charge is -2.02. The second-order valence-electron chi connectivity index (χ2n) is 3.24. The molecule has 5 nitrogen and oxygen atoms in total. The van der Waals surface area contributed by atoms with Crippen LogP contribution in [0.25, 0.3) is 0 Å². The minimum Gasteiger partial charge on any atom is -0.420 e. The van der Waals surface area contributed by atoms with Crippen molar-refractivity contribution in [1.29, 1.82) is 0 Å². The third-order valence-corrected chi connectivity index (χ3v) is 2.10. The smallest absolute Gasteiger partial charge is 0.308 e. The predicted molar refractivity (Wildman–Crippen MR) is 56.8 cm³/mol. The lowest BCUT2D eigenvalue weighted by Crippen LogP contribution is -2.25. The van der Waals surface area contributed by atoms with Gasteiger partial charge in [-0.15, -0.1) is 10.2 Å². The maximum absolute atomic E-state index is 11.4. The standard InChI is InChI=1S/C11H11N3O2/c15-10(11-14-13-8-16-11)12-7-6-9-4-2-1-3-5-9/h1-5,8H,6-7H2,(H,12,15). The summed E-state index contributed by atoms with van der Waals surface area (Å²) in [7, 11) is 0. The summed E-state index contributed by atoms with van der Waals surface area (Å²) in [5.41, 5.74) is 1.17. The Morgan fingerprint density at radius 2 is 2.12 bits per heavy atom. The SMILES string of the molecule is O=C(NCCc1ccccc1)c1nnco1. The van der Waals surface area contributed by atoms with Crippen molar-refractivity contribution < 1.29 is 9.21 Å². The van der Waals surface area contributed by atoms with Crippen LogP contribution in [0, 0.1) is 0 Å². The van der Waals surface area contributed by atoms with Gasteiger partial charge in [0.15, 0.2) is 0 Å². The number of hydrogen-bond donors (Lipinski definition) is 1. The maximum atomic E-state index is 11.4. The fourth-order valence-corrected chi connectivity index (χ4v) is 1.31. The van der Waals surface area contributed by atoms with Crippen LogP contribution < -0.4 is 5.32 Å². The zero-order valence-electron chi connectivity index (χ0n) is 8.59. The van der Waals surface area contributed by atoms with Crippen molar-refractivity contribution in [1.82, 2.24) is 15.5 Å². The largest absolute Gasteiger partial charge is 0.420 e. The van der Waals surface area contributed by atoms with Gasteiger partial charge in [0.2, 0.25) is 6.39 Å². The molecule has 1 aromatic heterocycles. The number of aromatic nitrogens is 2. The van der Waals surface area contributed by atoms with Gasteiger partial charge in [-0.3, -0.25) is 4.79 Å². The average molecular weight is 217 g/mol. The summed E-state index contributed by atoms with van der Waals surface area (Å²) in [5, 5.41) is 9.64. The first-order chi connectivity index (χ1) is 7.86. The summed E-state index contributed by atoms with van der Waals surface area (Å²) in [6, 6.07) is 9.92. The second kappa shape index (κ2) is 5.06. The molecule has 1 amide bonds. The Balaban J connectivity index is 1.79. The van der Waals surface area contributed by atoms with E-state index in [0.29, 0.717) is 6.54 Å². The van der Waals surface area contributed by atoms with E-state index in [1.54, 1.807) is 0 Å². The van der Waals surface area contributed by atoms with Crippen LogP contribution in [0.1, 0.15) is 16.2 Å². The number of amides is 1. The molecule has 5 heteroatoms. The molecule has 0 saturated heterocycles. The third kappa shape index (κ3) is 2.66. The van der Waals surface area contributed by atoms with Crippen LogP contribution in [0.15, 0.2) is 41.1 Å². The Bertz CT molecular complexity index is 440. The second-order valence-corrected chi connectivity index (χ2v) is 3.24. The molecule has 0 saturated carbocycles. The molecule has 0 unspecified atom stereocenters. The van der Waals surface area contributed by atoms with Crippen LogP contribution in [0.2, 0.25) is 0 Å². The molecule has 0 aliphatic rings. The van der Waals surface area contributed by atoms with E-state index in [1.165, 1.54) is 5.56 Å². The molecule has 0 fully saturated rings. The minimum absolute atomic E-state index is 0.00642. The van der Waals surface area contributed by atoms with Gasteiger partial charge in [-0.1, -0.05) is 30.3 Å². The summed E-state index contributed by atoms with van der Waals surface area (Å²) in [5.74, 6) is -0.346. The molecule has 0 radical (unpaired) electrons. The molecule has 1 aromatic carbocycles. The number of hydrogen-bond acceptors (Lipinski definition) is 4. The van der Waals surface area contributed by atoms with E-state index in [-0.39, 0.29) is 11.8 Å². The van der Waals surface area contributed by atoms with Crippen LogP contribution in [0.4, 0.5) is 0 Å². The lowest BCUT2D eigenvalue weighted by molar-refractivity contribution is 0.0919. The van der Waals surface area contributed by atoms with Crippen molar-refractivity contribution in [3.8, 4) is 0 Å². The molecular formula is C11H11N3O2. The predicted octanol–water partition coefficient (Wildman–Crippen LogP) is 1.04. The number of rotatable bonds is 4. The fourth-order valence-electron chi connectivity index (χ4n) is 1.31. The molecule has 0 aliphatic heterocycles. The van der Waals surface area contributed by atoms with Crippen LogP contribution in [0.5, 0.6) is 0 Å². The fraction of sp³-hybridized carbons (Fsp3) is 0.182. The third-order valence-electron chi connectivity index (χ3n) is 2.10. The first-order valence-electron chi connectivity index (χ1n) is 4.94. The van der Waals surface area contributed by atoms with E-state index in [0.717, 1.165) is 12.8 Å². The van der Waals surface area contributed by atoms with Gasteiger partial charge in [-0.25, -0.2) is 0 Å². The monoisotopic (exact) mass is 217 g/mol. The van der Waals surface area contributed by atoms with E-state index in [4.69, 9.17) is 4.42 Å². The van der Waals surface area contributed by atoms with Gasteiger partial charge in [-0.2, -0.15) is 0 Å². The van der Waals surface area contributed by atoms with Crippen molar-refractivity contribution in [3.05, 3.63) is 48.2 Å². The molecule has 0 bridgehead atoms. The maximum Gasteiger partial charge on any atom is 0.308 e. The molecule has 2 aromatic rings. The number of nitrogens with one attached hydrogen (secondary N) is 1. The van der Waals surface area contributed by atoms with E-state index >= 15 is 0 Å².